The summed E-state index contributed by atoms with van der Waals surface area (Å²) in [5.74, 6) is 0. The summed E-state index contributed by atoms with van der Waals surface area (Å²) in [5.41, 5.74) is 0. The van der Waals surface area contributed by atoms with Crippen LogP contribution < -0.4 is 0 Å². The number of carbonyl (C=O) groups excluding carboxylic acids is 1. The third-order valence-corrected chi connectivity index (χ3v) is 2.75. The molecule has 0 amide bonds. The predicted molar refractivity (Wildman–Crippen MR) is 63.8 cm³/mol. The largest absolute Gasteiger partial charge is 0.465 e. The van der Waals surface area contributed by atoms with E-state index in [2.05, 4.69) is 6.92 Å². The normalized spacial score (nSPS) is 12.4. The molecular weight excluding hydrogens is 188 g/mol. The first kappa shape index (κ1) is 14.5. The number of unbranched alkanes of at least 4 members (excludes halogenated alkanes) is 7. The van der Waals surface area contributed by atoms with Crippen LogP contribution in [-0.2, 0) is 9.53 Å². The van der Waals surface area contributed by atoms with Gasteiger partial charge < -0.3 is 4.74 Å². The van der Waals surface area contributed by atoms with Gasteiger partial charge in [0.1, 0.15) is 0 Å². The van der Waals surface area contributed by atoms with Crippen molar-refractivity contribution in [3.05, 3.63) is 0 Å². The molecule has 0 saturated heterocycles. The molecule has 1 atom stereocenters. The minimum atomic E-state index is 0.0996. The van der Waals surface area contributed by atoms with E-state index >= 15 is 0 Å². The molecule has 0 radical (unpaired) electrons. The van der Waals surface area contributed by atoms with Gasteiger partial charge in [0.05, 0.1) is 6.10 Å². The van der Waals surface area contributed by atoms with E-state index in [4.69, 9.17) is 4.74 Å². The van der Waals surface area contributed by atoms with E-state index in [9.17, 15) is 4.79 Å². The monoisotopic (exact) mass is 214 g/mol. The highest BCUT2D eigenvalue weighted by molar-refractivity contribution is 5.37. The van der Waals surface area contributed by atoms with Crippen molar-refractivity contribution in [3.8, 4) is 0 Å². The number of carbonyl (C=O) groups is 1. The van der Waals surface area contributed by atoms with Crippen molar-refractivity contribution < 1.29 is 9.53 Å². The summed E-state index contributed by atoms with van der Waals surface area (Å²) in [4.78, 5) is 10.0. The molecule has 15 heavy (non-hydrogen) atoms. The summed E-state index contributed by atoms with van der Waals surface area (Å²) >= 11 is 0. The van der Waals surface area contributed by atoms with Crippen LogP contribution in [0.4, 0.5) is 0 Å². The van der Waals surface area contributed by atoms with Crippen molar-refractivity contribution in [2.24, 2.45) is 0 Å². The van der Waals surface area contributed by atoms with Gasteiger partial charge in [-0.05, 0) is 19.8 Å². The van der Waals surface area contributed by atoms with Gasteiger partial charge in [-0.15, -0.1) is 0 Å². The van der Waals surface area contributed by atoms with Crippen LogP contribution in [0.1, 0.15) is 71.6 Å². The fraction of sp³-hybridized carbons (Fsp3) is 0.923. The Morgan fingerprint density at radius 3 is 2.07 bits per heavy atom. The molecular formula is C13H26O2. The van der Waals surface area contributed by atoms with Gasteiger partial charge >= 0.3 is 0 Å². The molecule has 0 aliphatic rings. The smallest absolute Gasteiger partial charge is 0.293 e. The summed E-state index contributed by atoms with van der Waals surface area (Å²) in [5, 5.41) is 0. The van der Waals surface area contributed by atoms with Gasteiger partial charge in [-0.25, -0.2) is 0 Å². The second kappa shape index (κ2) is 11.5. The first-order valence-electron chi connectivity index (χ1n) is 6.40. The van der Waals surface area contributed by atoms with Gasteiger partial charge in [-0.2, -0.15) is 0 Å². The van der Waals surface area contributed by atoms with Crippen molar-refractivity contribution in [2.75, 3.05) is 0 Å². The quantitative estimate of drug-likeness (QED) is 0.382. The van der Waals surface area contributed by atoms with Crippen molar-refractivity contribution >= 4 is 6.47 Å². The van der Waals surface area contributed by atoms with Crippen LogP contribution in [0.3, 0.4) is 0 Å². The lowest BCUT2D eigenvalue weighted by molar-refractivity contribution is -0.133. The Labute approximate surface area is 94.4 Å². The maximum atomic E-state index is 10.0. The van der Waals surface area contributed by atoms with Crippen molar-refractivity contribution in [2.45, 2.75) is 77.7 Å². The lowest BCUT2D eigenvalue weighted by atomic mass is 10.1. The average Bonchev–Trinajstić information content (AvgIpc) is 2.22. The van der Waals surface area contributed by atoms with Gasteiger partial charge in [0.2, 0.25) is 0 Å². The minimum Gasteiger partial charge on any atom is -0.465 e. The summed E-state index contributed by atoms with van der Waals surface area (Å²) in [6.07, 6.45) is 11.7. The molecule has 0 aromatic heterocycles. The van der Waals surface area contributed by atoms with E-state index in [1.165, 1.54) is 51.4 Å². The molecule has 0 aliphatic heterocycles. The van der Waals surface area contributed by atoms with Gasteiger partial charge in [0.15, 0.2) is 0 Å². The Hall–Kier alpha value is -0.530. The second-order valence-electron chi connectivity index (χ2n) is 4.31. The summed E-state index contributed by atoms with van der Waals surface area (Å²) < 4.78 is 4.82. The Kier molecular flexibility index (Phi) is 11.1. The maximum absolute atomic E-state index is 10.0. The molecule has 0 N–H and O–H groups in total. The molecule has 0 rings (SSSR count). The molecule has 0 spiro atoms. The third-order valence-electron chi connectivity index (χ3n) is 2.75. The van der Waals surface area contributed by atoms with Gasteiger partial charge in [-0.1, -0.05) is 51.9 Å². The zero-order chi connectivity index (χ0) is 11.4. The Balaban J connectivity index is 3.01. The summed E-state index contributed by atoms with van der Waals surface area (Å²) in [7, 11) is 0. The van der Waals surface area contributed by atoms with Crippen LogP contribution in [0.5, 0.6) is 0 Å². The topological polar surface area (TPSA) is 26.3 Å². The molecule has 1 unspecified atom stereocenters. The van der Waals surface area contributed by atoms with Crippen LogP contribution in [0, 0.1) is 0 Å². The standard InChI is InChI=1S/C13H26O2/c1-3-4-5-6-7-8-9-10-11-13(2)15-12-14/h12-13H,3-11H2,1-2H3. The zero-order valence-corrected chi connectivity index (χ0v) is 10.3. The van der Waals surface area contributed by atoms with Gasteiger partial charge in [0.25, 0.3) is 6.47 Å². The third kappa shape index (κ3) is 11.4. The van der Waals surface area contributed by atoms with Crippen LogP contribution in [0.2, 0.25) is 0 Å². The molecule has 2 heteroatoms. The summed E-state index contributed by atoms with van der Waals surface area (Å²) in [6.45, 7) is 4.75. The fourth-order valence-electron chi connectivity index (χ4n) is 1.73. The van der Waals surface area contributed by atoms with E-state index in [1.807, 2.05) is 6.92 Å². The highest BCUT2D eigenvalue weighted by atomic mass is 16.5. The number of rotatable bonds is 11. The first-order chi connectivity index (χ1) is 7.31. The molecule has 90 valence electrons. The predicted octanol–water partition coefficient (Wildman–Crippen LogP) is 4.08. The molecule has 0 aromatic rings. The van der Waals surface area contributed by atoms with Gasteiger partial charge in [0, 0.05) is 0 Å². The fourth-order valence-corrected chi connectivity index (χ4v) is 1.73. The Bertz CT molecular complexity index is 134. The number of ether oxygens (including phenoxy) is 1. The Morgan fingerprint density at radius 2 is 1.53 bits per heavy atom. The van der Waals surface area contributed by atoms with E-state index < -0.39 is 0 Å². The van der Waals surface area contributed by atoms with Gasteiger partial charge in [-0.3, -0.25) is 4.79 Å². The average molecular weight is 214 g/mol. The molecule has 0 saturated carbocycles. The molecule has 0 heterocycles. The summed E-state index contributed by atoms with van der Waals surface area (Å²) in [6, 6.07) is 0. The Morgan fingerprint density at radius 1 is 1.00 bits per heavy atom. The zero-order valence-electron chi connectivity index (χ0n) is 10.3. The molecule has 0 fully saturated rings. The van der Waals surface area contributed by atoms with Crippen LogP contribution in [-0.4, -0.2) is 12.6 Å². The molecule has 0 aromatic carbocycles. The maximum Gasteiger partial charge on any atom is 0.293 e. The van der Waals surface area contributed by atoms with Crippen LogP contribution in [0.25, 0.3) is 0 Å². The van der Waals surface area contributed by atoms with E-state index in [1.54, 1.807) is 0 Å². The molecule has 2 nitrogen and oxygen atoms in total. The SMILES string of the molecule is CCCCCCCCCCC(C)OC=O. The van der Waals surface area contributed by atoms with E-state index in [-0.39, 0.29) is 6.10 Å². The number of hydrogen-bond donors (Lipinski definition) is 0. The van der Waals surface area contributed by atoms with E-state index in [0.717, 1.165) is 6.42 Å². The second-order valence-corrected chi connectivity index (χ2v) is 4.31. The van der Waals surface area contributed by atoms with Crippen molar-refractivity contribution in [1.82, 2.24) is 0 Å². The molecule has 0 bridgehead atoms. The van der Waals surface area contributed by atoms with Crippen LogP contribution in [0.15, 0.2) is 0 Å². The van der Waals surface area contributed by atoms with Crippen molar-refractivity contribution in [1.29, 1.82) is 0 Å². The van der Waals surface area contributed by atoms with Crippen molar-refractivity contribution in [3.63, 3.8) is 0 Å². The lowest BCUT2D eigenvalue weighted by Gasteiger charge is -2.08. The lowest BCUT2D eigenvalue weighted by Crippen LogP contribution is -2.05. The first-order valence-corrected chi connectivity index (χ1v) is 6.40. The number of hydrogen-bond acceptors (Lipinski definition) is 2. The van der Waals surface area contributed by atoms with E-state index in [0.29, 0.717) is 6.47 Å². The highest BCUT2D eigenvalue weighted by Gasteiger charge is 2.00. The molecule has 0 aliphatic carbocycles. The highest BCUT2D eigenvalue weighted by Crippen LogP contribution is 2.11. The van der Waals surface area contributed by atoms with Crippen LogP contribution >= 0.6 is 0 Å². The minimum absolute atomic E-state index is 0.0996.